The Morgan fingerprint density at radius 3 is 2.60 bits per heavy atom. The molecule has 0 spiro atoms. The van der Waals surface area contributed by atoms with Gasteiger partial charge in [0.2, 0.25) is 0 Å². The quantitative estimate of drug-likeness (QED) is 0.276. The fraction of sp³-hybridized carbons (Fsp3) is 0.200. The summed E-state index contributed by atoms with van der Waals surface area (Å²) in [5.74, 6) is 1.19. The first-order valence-corrected chi connectivity index (χ1v) is 8.03. The minimum Gasteiger partial charge on any atom is -0.489 e. The summed E-state index contributed by atoms with van der Waals surface area (Å²) in [5.41, 5.74) is 2.03. The highest BCUT2D eigenvalue weighted by Crippen LogP contribution is 2.20. The summed E-state index contributed by atoms with van der Waals surface area (Å²) < 4.78 is 11.3. The number of carbonyl (C=O) groups is 1. The predicted octanol–water partition coefficient (Wildman–Crippen LogP) is 4.46. The van der Waals surface area contributed by atoms with Crippen LogP contribution < -0.4 is 4.74 Å². The molecule has 0 saturated heterocycles. The molecule has 0 aliphatic rings. The molecule has 3 rings (SSSR count). The molecule has 0 bridgehead atoms. The molecule has 2 aromatic carbocycles. The van der Waals surface area contributed by atoms with Crippen LogP contribution in [0.25, 0.3) is 11.0 Å². The molecule has 0 radical (unpaired) electrons. The fourth-order valence-electron chi connectivity index (χ4n) is 2.42. The monoisotopic (exact) mass is 337 g/mol. The molecule has 25 heavy (non-hydrogen) atoms. The molecule has 0 N–H and O–H groups in total. The number of hydrogen-bond donors (Lipinski definition) is 0. The zero-order chi connectivity index (χ0) is 17.6. The molecule has 3 aromatic rings. The van der Waals surface area contributed by atoms with Crippen molar-refractivity contribution in [2.75, 3.05) is 13.2 Å². The van der Waals surface area contributed by atoms with Crippen molar-refractivity contribution < 1.29 is 18.8 Å². The number of rotatable bonds is 7. The lowest BCUT2D eigenvalue weighted by atomic mass is 10.1. The van der Waals surface area contributed by atoms with Crippen LogP contribution in [0.5, 0.6) is 5.75 Å². The van der Waals surface area contributed by atoms with Crippen molar-refractivity contribution >= 4 is 22.5 Å². The molecule has 0 unspecified atom stereocenters. The second-order valence-corrected chi connectivity index (χ2v) is 5.56. The van der Waals surface area contributed by atoms with E-state index >= 15 is 0 Å². The van der Waals surface area contributed by atoms with Crippen molar-refractivity contribution in [3.05, 3.63) is 65.9 Å². The molecular weight excluding hydrogens is 318 g/mol. The number of carbonyl (C=O) groups excluding carboxylic acids is 1. The van der Waals surface area contributed by atoms with Gasteiger partial charge in [0.15, 0.2) is 18.2 Å². The maximum absolute atomic E-state index is 11.5. The molecule has 0 aliphatic carbocycles. The Morgan fingerprint density at radius 2 is 1.80 bits per heavy atom. The lowest BCUT2D eigenvalue weighted by Crippen LogP contribution is -2.08. The maximum atomic E-state index is 11.5. The number of oxime groups is 1. The van der Waals surface area contributed by atoms with Gasteiger partial charge in [-0.25, -0.2) is 0 Å². The van der Waals surface area contributed by atoms with Gasteiger partial charge >= 0.3 is 0 Å². The Kier molecular flexibility index (Phi) is 5.14. The van der Waals surface area contributed by atoms with E-state index in [2.05, 4.69) is 5.16 Å². The number of hydrogen-bond acceptors (Lipinski definition) is 5. The van der Waals surface area contributed by atoms with Crippen molar-refractivity contribution in [1.29, 1.82) is 0 Å². The Morgan fingerprint density at radius 1 is 1.04 bits per heavy atom. The first-order chi connectivity index (χ1) is 12.1. The van der Waals surface area contributed by atoms with Gasteiger partial charge in [-0.3, -0.25) is 4.79 Å². The summed E-state index contributed by atoms with van der Waals surface area (Å²) in [6, 6.07) is 16.8. The third-order valence-electron chi connectivity index (χ3n) is 3.68. The van der Waals surface area contributed by atoms with Crippen LogP contribution in [0, 0.1) is 0 Å². The molecule has 0 fully saturated rings. The number of fused-ring (bicyclic) bond motifs is 1. The van der Waals surface area contributed by atoms with Crippen LogP contribution in [0.1, 0.15) is 30.0 Å². The van der Waals surface area contributed by atoms with Crippen LogP contribution in [0.3, 0.4) is 0 Å². The van der Waals surface area contributed by atoms with E-state index in [1.807, 2.05) is 43.3 Å². The zero-order valence-corrected chi connectivity index (χ0v) is 14.2. The van der Waals surface area contributed by atoms with E-state index in [0.717, 1.165) is 11.0 Å². The summed E-state index contributed by atoms with van der Waals surface area (Å²) in [5, 5.41) is 5.08. The van der Waals surface area contributed by atoms with E-state index in [1.165, 1.54) is 6.92 Å². The molecule has 0 amide bonds. The van der Waals surface area contributed by atoms with E-state index in [0.29, 0.717) is 29.4 Å². The van der Waals surface area contributed by atoms with Gasteiger partial charge in [-0.2, -0.15) is 0 Å². The van der Waals surface area contributed by atoms with Crippen molar-refractivity contribution in [2.45, 2.75) is 13.8 Å². The Balaban J connectivity index is 1.54. The normalized spacial score (nSPS) is 11.5. The summed E-state index contributed by atoms with van der Waals surface area (Å²) in [6.07, 6.45) is 0. The van der Waals surface area contributed by atoms with Crippen LogP contribution in [0.4, 0.5) is 0 Å². The van der Waals surface area contributed by atoms with Crippen LogP contribution in [0.2, 0.25) is 0 Å². The van der Waals surface area contributed by atoms with Crippen LogP contribution in [-0.2, 0) is 4.84 Å². The number of furan rings is 1. The second kappa shape index (κ2) is 7.66. The minimum atomic E-state index is -0.0322. The average Bonchev–Trinajstić information content (AvgIpc) is 3.06. The standard InChI is InChI=1S/C20H19NO4/c1-14(20-13-16-7-3-5-9-18(16)25-20)21-24-12-11-23-19-10-6-4-8-17(19)15(2)22/h3-10,13H,11-12H2,1-2H3. The third kappa shape index (κ3) is 4.07. The first kappa shape index (κ1) is 16.8. The molecule has 5 nitrogen and oxygen atoms in total. The molecule has 5 heteroatoms. The summed E-state index contributed by atoms with van der Waals surface area (Å²) in [4.78, 5) is 16.8. The number of ether oxygens (including phenoxy) is 1. The van der Waals surface area contributed by atoms with E-state index in [1.54, 1.807) is 18.2 Å². The topological polar surface area (TPSA) is 61.0 Å². The SMILES string of the molecule is CC(=O)c1ccccc1OCCON=C(C)c1cc2ccccc2o1. The van der Waals surface area contributed by atoms with Gasteiger partial charge < -0.3 is 14.0 Å². The largest absolute Gasteiger partial charge is 0.489 e. The molecule has 0 atom stereocenters. The highest BCUT2D eigenvalue weighted by molar-refractivity contribution is 5.99. The van der Waals surface area contributed by atoms with Crippen LogP contribution in [0.15, 0.2) is 64.2 Å². The van der Waals surface area contributed by atoms with E-state index in [4.69, 9.17) is 14.0 Å². The lowest BCUT2D eigenvalue weighted by Gasteiger charge is -2.08. The first-order valence-electron chi connectivity index (χ1n) is 8.03. The van der Waals surface area contributed by atoms with Crippen LogP contribution in [-0.4, -0.2) is 24.7 Å². The summed E-state index contributed by atoms with van der Waals surface area (Å²) >= 11 is 0. The molecule has 0 aliphatic heterocycles. The predicted molar refractivity (Wildman–Crippen MR) is 96.3 cm³/mol. The Labute approximate surface area is 145 Å². The number of nitrogens with zero attached hydrogens (tertiary/aromatic N) is 1. The summed E-state index contributed by atoms with van der Waals surface area (Å²) in [7, 11) is 0. The second-order valence-electron chi connectivity index (χ2n) is 5.56. The van der Waals surface area contributed by atoms with Gasteiger partial charge in [0, 0.05) is 5.39 Å². The molecule has 1 heterocycles. The van der Waals surface area contributed by atoms with E-state index < -0.39 is 0 Å². The van der Waals surface area contributed by atoms with Gasteiger partial charge in [0.25, 0.3) is 0 Å². The summed E-state index contributed by atoms with van der Waals surface area (Å²) in [6.45, 7) is 3.90. The van der Waals surface area contributed by atoms with Gasteiger partial charge in [-0.1, -0.05) is 35.5 Å². The number of benzene rings is 2. The zero-order valence-electron chi connectivity index (χ0n) is 14.2. The highest BCUT2D eigenvalue weighted by Gasteiger charge is 2.08. The Hall–Kier alpha value is -3.08. The number of Topliss-reactive ketones (excluding diaryl/α,β-unsaturated/α-hetero) is 1. The Bertz CT molecular complexity index is 878. The molecule has 128 valence electrons. The fourth-order valence-corrected chi connectivity index (χ4v) is 2.42. The number of para-hydroxylation sites is 2. The van der Waals surface area contributed by atoms with Crippen molar-refractivity contribution in [1.82, 2.24) is 0 Å². The van der Waals surface area contributed by atoms with Crippen molar-refractivity contribution in [3.8, 4) is 5.75 Å². The van der Waals surface area contributed by atoms with E-state index in [9.17, 15) is 4.79 Å². The minimum absolute atomic E-state index is 0.0322. The van der Waals surface area contributed by atoms with Crippen LogP contribution >= 0.6 is 0 Å². The maximum Gasteiger partial charge on any atom is 0.163 e. The smallest absolute Gasteiger partial charge is 0.163 e. The molecular formula is C20H19NO4. The average molecular weight is 337 g/mol. The lowest BCUT2D eigenvalue weighted by molar-refractivity contribution is 0.0984. The number of ketones is 1. The molecule has 0 saturated carbocycles. The van der Waals surface area contributed by atoms with Gasteiger partial charge in [-0.15, -0.1) is 0 Å². The third-order valence-corrected chi connectivity index (χ3v) is 3.68. The van der Waals surface area contributed by atoms with Crippen molar-refractivity contribution in [3.63, 3.8) is 0 Å². The van der Waals surface area contributed by atoms with Crippen molar-refractivity contribution in [2.24, 2.45) is 5.16 Å². The van der Waals surface area contributed by atoms with Gasteiger partial charge in [-0.05, 0) is 38.1 Å². The molecule has 1 aromatic heterocycles. The van der Waals surface area contributed by atoms with E-state index in [-0.39, 0.29) is 12.4 Å². The van der Waals surface area contributed by atoms with Gasteiger partial charge in [0.1, 0.15) is 23.7 Å². The van der Waals surface area contributed by atoms with Gasteiger partial charge in [0.05, 0.1) is 5.56 Å². The highest BCUT2D eigenvalue weighted by atomic mass is 16.6.